The molecule has 0 radical (unpaired) electrons. The zero-order valence-electron chi connectivity index (χ0n) is 10.8. The summed E-state index contributed by atoms with van der Waals surface area (Å²) < 4.78 is 13.4. The van der Waals surface area contributed by atoms with E-state index in [0.29, 0.717) is 6.54 Å². The lowest BCUT2D eigenvalue weighted by atomic mass is 10.2. The first-order valence-corrected chi connectivity index (χ1v) is 6.14. The molecule has 0 spiro atoms. The van der Waals surface area contributed by atoms with Crippen molar-refractivity contribution < 1.29 is 14.0 Å². The number of nitrogens with two attached hydrogens (primary N) is 1. The predicted molar refractivity (Wildman–Crippen MR) is 71.1 cm³/mol. The van der Waals surface area contributed by atoms with Crippen LogP contribution >= 0.6 is 0 Å². The topological polar surface area (TPSA) is 84.2 Å². The zero-order valence-corrected chi connectivity index (χ0v) is 10.8. The van der Waals surface area contributed by atoms with Gasteiger partial charge in [0.25, 0.3) is 5.91 Å². The van der Waals surface area contributed by atoms with Gasteiger partial charge in [0.2, 0.25) is 5.91 Å². The maximum atomic E-state index is 13.4. The number of amides is 2. The highest BCUT2D eigenvalue weighted by molar-refractivity contribution is 5.95. The van der Waals surface area contributed by atoms with Gasteiger partial charge in [-0.15, -0.1) is 0 Å². The second kappa shape index (κ2) is 7.35. The van der Waals surface area contributed by atoms with Crippen LogP contribution in [0.5, 0.6) is 0 Å². The highest BCUT2D eigenvalue weighted by Gasteiger charge is 2.11. The molecule has 0 aliphatic carbocycles. The standard InChI is InChI=1S/C13H18FN3O2/c1-2-6-16-12(18)5-7-17-13(19)10-4-3-9(15)8-11(10)14/h3-4,8H,2,5-7,15H2,1H3,(H,16,18)(H,17,19). The molecule has 0 heterocycles. The van der Waals surface area contributed by atoms with Crippen LogP contribution in [0.3, 0.4) is 0 Å². The molecule has 2 amide bonds. The molecule has 104 valence electrons. The Balaban J connectivity index is 2.41. The fourth-order valence-corrected chi connectivity index (χ4v) is 1.45. The van der Waals surface area contributed by atoms with Gasteiger partial charge in [-0.25, -0.2) is 4.39 Å². The van der Waals surface area contributed by atoms with Crippen molar-refractivity contribution in [2.24, 2.45) is 0 Å². The molecule has 1 aromatic carbocycles. The van der Waals surface area contributed by atoms with E-state index in [9.17, 15) is 14.0 Å². The number of rotatable bonds is 6. The molecule has 0 aliphatic rings. The minimum atomic E-state index is -0.673. The van der Waals surface area contributed by atoms with Crippen LogP contribution in [0.25, 0.3) is 0 Å². The first-order valence-electron chi connectivity index (χ1n) is 6.14. The number of carbonyl (C=O) groups excluding carboxylic acids is 2. The molecule has 4 N–H and O–H groups in total. The monoisotopic (exact) mass is 267 g/mol. The lowest BCUT2D eigenvalue weighted by Gasteiger charge is -2.07. The van der Waals surface area contributed by atoms with Gasteiger partial charge < -0.3 is 16.4 Å². The van der Waals surface area contributed by atoms with Gasteiger partial charge in [-0.3, -0.25) is 9.59 Å². The summed E-state index contributed by atoms with van der Waals surface area (Å²) in [5.74, 6) is -1.37. The number of anilines is 1. The van der Waals surface area contributed by atoms with E-state index in [2.05, 4.69) is 10.6 Å². The Kier molecular flexibility index (Phi) is 5.78. The van der Waals surface area contributed by atoms with Crippen molar-refractivity contribution >= 4 is 17.5 Å². The molecular weight excluding hydrogens is 249 g/mol. The van der Waals surface area contributed by atoms with Gasteiger partial charge in [0.1, 0.15) is 5.82 Å². The molecule has 0 fully saturated rings. The Bertz CT molecular complexity index is 463. The summed E-state index contributed by atoms with van der Waals surface area (Å²) in [5.41, 5.74) is 5.57. The van der Waals surface area contributed by atoms with Crippen LogP contribution in [-0.2, 0) is 4.79 Å². The molecule has 0 unspecified atom stereocenters. The van der Waals surface area contributed by atoms with Crippen LogP contribution in [0, 0.1) is 5.82 Å². The second-order valence-electron chi connectivity index (χ2n) is 4.10. The molecular formula is C13H18FN3O2. The van der Waals surface area contributed by atoms with E-state index in [1.54, 1.807) is 0 Å². The first kappa shape index (κ1) is 14.9. The molecule has 6 heteroatoms. The van der Waals surface area contributed by atoms with Gasteiger partial charge in [0.15, 0.2) is 0 Å². The molecule has 5 nitrogen and oxygen atoms in total. The van der Waals surface area contributed by atoms with E-state index in [1.165, 1.54) is 12.1 Å². The maximum absolute atomic E-state index is 13.4. The van der Waals surface area contributed by atoms with Crippen LogP contribution in [0.2, 0.25) is 0 Å². The minimum Gasteiger partial charge on any atom is -0.399 e. The van der Waals surface area contributed by atoms with Gasteiger partial charge in [0, 0.05) is 25.2 Å². The summed E-state index contributed by atoms with van der Waals surface area (Å²) >= 11 is 0. The Labute approximate surface area is 111 Å². The van der Waals surface area contributed by atoms with E-state index in [-0.39, 0.29) is 30.1 Å². The Hall–Kier alpha value is -2.11. The number of carbonyl (C=O) groups is 2. The summed E-state index contributed by atoms with van der Waals surface area (Å²) in [5, 5.41) is 5.17. The van der Waals surface area contributed by atoms with Crippen LogP contribution in [0.1, 0.15) is 30.1 Å². The van der Waals surface area contributed by atoms with Gasteiger partial charge in [0.05, 0.1) is 5.56 Å². The average molecular weight is 267 g/mol. The van der Waals surface area contributed by atoms with E-state index in [0.717, 1.165) is 12.5 Å². The number of halogens is 1. The van der Waals surface area contributed by atoms with Gasteiger partial charge in [-0.05, 0) is 24.6 Å². The quantitative estimate of drug-likeness (QED) is 0.674. The fraction of sp³-hybridized carbons (Fsp3) is 0.385. The number of hydrogen-bond donors (Lipinski definition) is 3. The smallest absolute Gasteiger partial charge is 0.254 e. The van der Waals surface area contributed by atoms with E-state index < -0.39 is 11.7 Å². The maximum Gasteiger partial charge on any atom is 0.254 e. The Morgan fingerprint density at radius 2 is 2.00 bits per heavy atom. The molecule has 0 atom stereocenters. The van der Waals surface area contributed by atoms with E-state index in [1.807, 2.05) is 6.92 Å². The lowest BCUT2D eigenvalue weighted by molar-refractivity contribution is -0.120. The van der Waals surface area contributed by atoms with Crippen molar-refractivity contribution in [1.29, 1.82) is 0 Å². The van der Waals surface area contributed by atoms with E-state index >= 15 is 0 Å². The lowest BCUT2D eigenvalue weighted by Crippen LogP contribution is -2.31. The third kappa shape index (κ3) is 4.95. The van der Waals surface area contributed by atoms with Crippen molar-refractivity contribution in [3.05, 3.63) is 29.6 Å². The van der Waals surface area contributed by atoms with Crippen molar-refractivity contribution in [2.75, 3.05) is 18.8 Å². The fourth-order valence-electron chi connectivity index (χ4n) is 1.45. The third-order valence-electron chi connectivity index (χ3n) is 2.45. The summed E-state index contributed by atoms with van der Waals surface area (Å²) in [7, 11) is 0. The SMILES string of the molecule is CCCNC(=O)CCNC(=O)c1ccc(N)cc1F. The van der Waals surface area contributed by atoms with Crippen LogP contribution < -0.4 is 16.4 Å². The summed E-state index contributed by atoms with van der Waals surface area (Å²) in [6.07, 6.45) is 1.02. The second-order valence-corrected chi connectivity index (χ2v) is 4.10. The highest BCUT2D eigenvalue weighted by Crippen LogP contribution is 2.11. The molecule has 19 heavy (non-hydrogen) atoms. The zero-order chi connectivity index (χ0) is 14.3. The average Bonchev–Trinajstić information content (AvgIpc) is 2.36. The van der Waals surface area contributed by atoms with Gasteiger partial charge >= 0.3 is 0 Å². The van der Waals surface area contributed by atoms with E-state index in [4.69, 9.17) is 5.73 Å². The molecule has 0 saturated heterocycles. The molecule has 1 aromatic rings. The minimum absolute atomic E-state index is 0.0804. The largest absolute Gasteiger partial charge is 0.399 e. The molecule has 1 rings (SSSR count). The number of nitrogen functional groups attached to an aromatic ring is 1. The van der Waals surface area contributed by atoms with Gasteiger partial charge in [-0.1, -0.05) is 6.92 Å². The Morgan fingerprint density at radius 1 is 1.26 bits per heavy atom. The van der Waals surface area contributed by atoms with Crippen LogP contribution in [0.4, 0.5) is 10.1 Å². The first-order chi connectivity index (χ1) is 9.04. The van der Waals surface area contributed by atoms with Crippen molar-refractivity contribution in [1.82, 2.24) is 10.6 Å². The van der Waals surface area contributed by atoms with Crippen molar-refractivity contribution in [3.63, 3.8) is 0 Å². The number of benzene rings is 1. The molecule has 0 aliphatic heterocycles. The van der Waals surface area contributed by atoms with Crippen LogP contribution in [0.15, 0.2) is 18.2 Å². The molecule has 0 aromatic heterocycles. The van der Waals surface area contributed by atoms with Crippen LogP contribution in [-0.4, -0.2) is 24.9 Å². The number of hydrogen-bond acceptors (Lipinski definition) is 3. The van der Waals surface area contributed by atoms with Crippen molar-refractivity contribution in [3.8, 4) is 0 Å². The third-order valence-corrected chi connectivity index (χ3v) is 2.45. The Morgan fingerprint density at radius 3 is 2.63 bits per heavy atom. The normalized spacial score (nSPS) is 10.0. The van der Waals surface area contributed by atoms with Crippen molar-refractivity contribution in [2.45, 2.75) is 19.8 Å². The predicted octanol–water partition coefficient (Wildman–Crippen LogP) is 1.05. The summed E-state index contributed by atoms with van der Waals surface area (Å²) in [4.78, 5) is 22.9. The number of nitrogens with one attached hydrogen (secondary N) is 2. The van der Waals surface area contributed by atoms with Gasteiger partial charge in [-0.2, -0.15) is 0 Å². The highest BCUT2D eigenvalue weighted by atomic mass is 19.1. The molecule has 0 bridgehead atoms. The summed E-state index contributed by atoms with van der Waals surface area (Å²) in [6.45, 7) is 2.73. The summed E-state index contributed by atoms with van der Waals surface area (Å²) in [6, 6.07) is 3.85. The molecule has 0 saturated carbocycles.